The quantitative estimate of drug-likeness (QED) is 0.579. The molecule has 2 aliphatic rings. The average Bonchev–Trinajstić information content (AvgIpc) is 2.59. The van der Waals surface area contributed by atoms with Crippen LogP contribution >= 0.6 is 0 Å². The first kappa shape index (κ1) is 7.92. The number of aryl methyl sites for hydroxylation is 1. The van der Waals surface area contributed by atoms with Gasteiger partial charge in [-0.25, -0.2) is 0 Å². The van der Waals surface area contributed by atoms with Gasteiger partial charge < -0.3 is 0 Å². The molecule has 2 aliphatic carbocycles. The summed E-state index contributed by atoms with van der Waals surface area (Å²) in [6, 6.07) is 5.81. The Labute approximate surface area is 81.9 Å². The minimum Gasteiger partial charge on any atom is -0.299 e. The molecule has 0 saturated carbocycles. The molecule has 0 aromatic heterocycles. The summed E-state index contributed by atoms with van der Waals surface area (Å²) in [6.45, 7) is 0. The van der Waals surface area contributed by atoms with Crippen LogP contribution in [0.3, 0.4) is 0 Å². The molecular formula is C12H10O2. The zero-order chi connectivity index (χ0) is 9.71. The van der Waals surface area contributed by atoms with Crippen LogP contribution in [0.25, 0.3) is 0 Å². The molecule has 1 aromatic rings. The average molecular weight is 186 g/mol. The highest BCUT2D eigenvalue weighted by atomic mass is 16.1. The minimum absolute atomic E-state index is 0.00463. The standard InChI is InChI=1S/C12H10O2/c13-10-6-11(14)9-5-4-7-2-1-3-8(10)12(7)9/h1-3,9H,4-6H2. The van der Waals surface area contributed by atoms with Gasteiger partial charge in [0, 0.05) is 11.5 Å². The van der Waals surface area contributed by atoms with Gasteiger partial charge >= 0.3 is 0 Å². The van der Waals surface area contributed by atoms with E-state index in [2.05, 4.69) is 0 Å². The van der Waals surface area contributed by atoms with E-state index in [9.17, 15) is 9.59 Å². The minimum atomic E-state index is 0.00463. The van der Waals surface area contributed by atoms with E-state index in [0.29, 0.717) is 0 Å². The Hall–Kier alpha value is -1.44. The molecule has 0 saturated heterocycles. The van der Waals surface area contributed by atoms with E-state index in [1.165, 1.54) is 5.56 Å². The Morgan fingerprint density at radius 3 is 2.93 bits per heavy atom. The van der Waals surface area contributed by atoms with Gasteiger partial charge in [0.1, 0.15) is 5.78 Å². The lowest BCUT2D eigenvalue weighted by atomic mass is 9.82. The molecular weight excluding hydrogens is 176 g/mol. The largest absolute Gasteiger partial charge is 0.299 e. The van der Waals surface area contributed by atoms with Gasteiger partial charge in [0.05, 0.1) is 6.42 Å². The van der Waals surface area contributed by atoms with Gasteiger partial charge in [0.25, 0.3) is 0 Å². The predicted octanol–water partition coefficient (Wildman–Crippen LogP) is 1.87. The Morgan fingerprint density at radius 1 is 1.21 bits per heavy atom. The topological polar surface area (TPSA) is 34.1 Å². The van der Waals surface area contributed by atoms with Crippen LogP contribution in [0.15, 0.2) is 18.2 Å². The fourth-order valence-corrected chi connectivity index (χ4v) is 2.63. The van der Waals surface area contributed by atoms with Crippen LogP contribution in [0, 0.1) is 0 Å². The van der Waals surface area contributed by atoms with Crippen LogP contribution in [-0.4, -0.2) is 11.6 Å². The highest BCUT2D eigenvalue weighted by Gasteiger charge is 2.37. The van der Waals surface area contributed by atoms with Crippen molar-refractivity contribution < 1.29 is 9.59 Å². The number of carbonyl (C=O) groups excluding carboxylic acids is 2. The predicted molar refractivity (Wildman–Crippen MR) is 51.5 cm³/mol. The summed E-state index contributed by atoms with van der Waals surface area (Å²) in [5.41, 5.74) is 3.03. The van der Waals surface area contributed by atoms with Crippen molar-refractivity contribution in [3.8, 4) is 0 Å². The van der Waals surface area contributed by atoms with E-state index < -0.39 is 0 Å². The van der Waals surface area contributed by atoms with Gasteiger partial charge in [-0.15, -0.1) is 0 Å². The van der Waals surface area contributed by atoms with Crippen LogP contribution in [0.5, 0.6) is 0 Å². The first-order valence-corrected chi connectivity index (χ1v) is 4.95. The molecule has 2 nitrogen and oxygen atoms in total. The number of benzene rings is 1. The number of carbonyl (C=O) groups is 2. The van der Waals surface area contributed by atoms with Gasteiger partial charge in [-0.2, -0.15) is 0 Å². The number of Topliss-reactive ketones (excluding diaryl/α,β-unsaturated/α-hetero) is 2. The maximum Gasteiger partial charge on any atom is 0.170 e. The Kier molecular flexibility index (Phi) is 1.43. The van der Waals surface area contributed by atoms with E-state index >= 15 is 0 Å². The molecule has 0 bridgehead atoms. The van der Waals surface area contributed by atoms with Crippen LogP contribution < -0.4 is 0 Å². The van der Waals surface area contributed by atoms with Crippen molar-refractivity contribution in [2.24, 2.45) is 0 Å². The second-order valence-corrected chi connectivity index (χ2v) is 4.04. The van der Waals surface area contributed by atoms with Gasteiger partial charge in [-0.1, -0.05) is 18.2 Å². The summed E-state index contributed by atoms with van der Waals surface area (Å²) >= 11 is 0. The van der Waals surface area contributed by atoms with Gasteiger partial charge in [-0.05, 0) is 24.0 Å². The zero-order valence-corrected chi connectivity index (χ0v) is 7.75. The number of hydrogen-bond donors (Lipinski definition) is 0. The molecule has 0 heterocycles. The maximum absolute atomic E-state index is 11.6. The van der Waals surface area contributed by atoms with E-state index in [1.54, 1.807) is 0 Å². The number of ketones is 2. The molecule has 0 radical (unpaired) electrons. The molecule has 70 valence electrons. The van der Waals surface area contributed by atoms with Crippen LogP contribution in [0.2, 0.25) is 0 Å². The van der Waals surface area contributed by atoms with E-state index in [0.717, 1.165) is 24.0 Å². The zero-order valence-electron chi connectivity index (χ0n) is 7.75. The fraction of sp³-hybridized carbons (Fsp3) is 0.333. The number of hydrogen-bond acceptors (Lipinski definition) is 2. The summed E-state index contributed by atoms with van der Waals surface area (Å²) in [7, 11) is 0. The molecule has 0 amide bonds. The Morgan fingerprint density at radius 2 is 2.07 bits per heavy atom. The Bertz CT molecular complexity index is 446. The first-order valence-electron chi connectivity index (χ1n) is 4.95. The lowest BCUT2D eigenvalue weighted by Gasteiger charge is -2.19. The second kappa shape index (κ2) is 2.53. The fourth-order valence-electron chi connectivity index (χ4n) is 2.63. The lowest BCUT2D eigenvalue weighted by molar-refractivity contribution is -0.119. The summed E-state index contributed by atoms with van der Waals surface area (Å²) < 4.78 is 0. The van der Waals surface area contributed by atoms with Crippen molar-refractivity contribution in [1.29, 1.82) is 0 Å². The highest BCUT2D eigenvalue weighted by molar-refractivity contribution is 6.15. The third-order valence-corrected chi connectivity index (χ3v) is 3.27. The highest BCUT2D eigenvalue weighted by Crippen LogP contribution is 2.40. The molecule has 14 heavy (non-hydrogen) atoms. The van der Waals surface area contributed by atoms with Crippen LogP contribution in [0.1, 0.15) is 40.2 Å². The summed E-state index contributed by atoms with van der Waals surface area (Å²) in [6.07, 6.45) is 1.96. The molecule has 2 heteroatoms. The van der Waals surface area contributed by atoms with Gasteiger partial charge in [0.2, 0.25) is 0 Å². The van der Waals surface area contributed by atoms with Gasteiger partial charge in [-0.3, -0.25) is 9.59 Å². The maximum atomic E-state index is 11.6. The first-order chi connectivity index (χ1) is 6.77. The molecule has 0 N–H and O–H groups in total. The van der Waals surface area contributed by atoms with Crippen molar-refractivity contribution in [1.82, 2.24) is 0 Å². The van der Waals surface area contributed by atoms with E-state index in [-0.39, 0.29) is 23.9 Å². The Balaban J connectivity index is 2.31. The molecule has 0 fully saturated rings. The van der Waals surface area contributed by atoms with Crippen molar-refractivity contribution in [2.45, 2.75) is 25.2 Å². The van der Waals surface area contributed by atoms with Crippen LogP contribution in [0.4, 0.5) is 0 Å². The number of rotatable bonds is 0. The summed E-state index contributed by atoms with van der Waals surface area (Å²) in [5.74, 6) is 0.149. The van der Waals surface area contributed by atoms with Crippen molar-refractivity contribution in [3.63, 3.8) is 0 Å². The van der Waals surface area contributed by atoms with E-state index in [1.807, 2.05) is 18.2 Å². The smallest absolute Gasteiger partial charge is 0.170 e. The normalized spacial score (nSPS) is 23.9. The molecule has 1 unspecified atom stereocenters. The third kappa shape index (κ3) is 0.857. The third-order valence-electron chi connectivity index (χ3n) is 3.27. The van der Waals surface area contributed by atoms with Gasteiger partial charge in [0.15, 0.2) is 5.78 Å². The molecule has 0 spiro atoms. The molecule has 0 aliphatic heterocycles. The summed E-state index contributed by atoms with van der Waals surface area (Å²) in [4.78, 5) is 23.2. The summed E-state index contributed by atoms with van der Waals surface area (Å²) in [5, 5.41) is 0. The second-order valence-electron chi connectivity index (χ2n) is 4.04. The van der Waals surface area contributed by atoms with Crippen molar-refractivity contribution >= 4 is 11.6 Å². The molecule has 3 rings (SSSR count). The molecule has 1 aromatic carbocycles. The SMILES string of the molecule is O=C1CC(=O)C2CCc3cccc1c32. The lowest BCUT2D eigenvalue weighted by Crippen LogP contribution is -2.23. The van der Waals surface area contributed by atoms with E-state index in [4.69, 9.17) is 0 Å². The monoisotopic (exact) mass is 186 g/mol. The molecule has 1 atom stereocenters. The van der Waals surface area contributed by atoms with Crippen molar-refractivity contribution in [3.05, 3.63) is 34.9 Å². The van der Waals surface area contributed by atoms with Crippen LogP contribution in [-0.2, 0) is 11.2 Å². The van der Waals surface area contributed by atoms with Crippen molar-refractivity contribution in [2.75, 3.05) is 0 Å².